The number of morpholine rings is 1. The average Bonchev–Trinajstić information content (AvgIpc) is 3.22. The van der Waals surface area contributed by atoms with Crippen LogP contribution >= 0.6 is 11.6 Å². The van der Waals surface area contributed by atoms with Crippen LogP contribution < -0.4 is 21.1 Å². The fourth-order valence-electron chi connectivity index (χ4n) is 3.05. The van der Waals surface area contributed by atoms with Crippen molar-refractivity contribution in [2.24, 2.45) is 0 Å². The van der Waals surface area contributed by atoms with Gasteiger partial charge in [0.1, 0.15) is 11.4 Å². The van der Waals surface area contributed by atoms with Crippen molar-refractivity contribution in [1.82, 2.24) is 10.1 Å². The Bertz CT molecular complexity index is 1080. The maximum Gasteiger partial charge on any atom is 0.400 e. The van der Waals surface area contributed by atoms with Gasteiger partial charge in [0.05, 0.1) is 13.2 Å². The zero-order valence-corrected chi connectivity index (χ0v) is 15.7. The number of alkyl halides is 3. The fraction of sp³-hybridized carbons (Fsp3) is 0.333. The Morgan fingerprint density at radius 3 is 2.45 bits per heavy atom. The minimum atomic E-state index is -3.73. The van der Waals surface area contributed by atoms with Gasteiger partial charge in [-0.05, 0) is 17.2 Å². The molecule has 29 heavy (non-hydrogen) atoms. The lowest BCUT2D eigenvalue weighted by Gasteiger charge is -2.30. The van der Waals surface area contributed by atoms with E-state index in [1.807, 2.05) is 4.90 Å². The zero-order chi connectivity index (χ0) is 20.6. The van der Waals surface area contributed by atoms with Gasteiger partial charge in [0.15, 0.2) is 0 Å². The predicted octanol–water partition coefficient (Wildman–Crippen LogP) is 2.07. The van der Waals surface area contributed by atoms with E-state index >= 15 is 0 Å². The average molecular weight is 425 g/mol. The molecule has 1 aliphatic heterocycles. The number of hydrogen-bond acceptors (Lipinski definition) is 8. The first-order valence-electron chi connectivity index (χ1n) is 8.74. The Hall–Kier alpha value is -2.85. The van der Waals surface area contributed by atoms with Crippen molar-refractivity contribution in [2.45, 2.75) is 11.9 Å². The van der Waals surface area contributed by atoms with Gasteiger partial charge in [-0.1, -0.05) is 29.4 Å². The summed E-state index contributed by atoms with van der Waals surface area (Å²) >= 11 is 4.86. The molecule has 0 spiro atoms. The minimum absolute atomic E-state index is 0.0167. The van der Waals surface area contributed by atoms with Gasteiger partial charge in [0.2, 0.25) is 5.82 Å². The third-order valence-corrected chi connectivity index (χ3v) is 4.72. The van der Waals surface area contributed by atoms with Crippen LogP contribution in [0.25, 0.3) is 11.4 Å². The summed E-state index contributed by atoms with van der Waals surface area (Å²) in [5, 5.41) is 2.77. The SMILES string of the molecule is O=c1c(NCc2ccc(-c3noc(C(F)(F)Cl)n3)cc2)c(N2CCOCC2)c1=O. The van der Waals surface area contributed by atoms with Crippen molar-refractivity contribution in [1.29, 1.82) is 0 Å². The zero-order valence-electron chi connectivity index (χ0n) is 15.0. The lowest BCUT2D eigenvalue weighted by Crippen LogP contribution is -2.46. The third kappa shape index (κ3) is 3.85. The van der Waals surface area contributed by atoms with E-state index in [0.29, 0.717) is 49.8 Å². The molecule has 1 saturated heterocycles. The van der Waals surface area contributed by atoms with Crippen molar-refractivity contribution in [3.63, 3.8) is 0 Å². The summed E-state index contributed by atoms with van der Waals surface area (Å²) < 4.78 is 35.7. The summed E-state index contributed by atoms with van der Waals surface area (Å²) in [7, 11) is 0. The molecule has 1 aromatic heterocycles. The molecule has 1 N–H and O–H groups in total. The van der Waals surface area contributed by atoms with Crippen LogP contribution in [-0.4, -0.2) is 36.4 Å². The number of nitrogens with one attached hydrogen (secondary N) is 1. The lowest BCUT2D eigenvalue weighted by atomic mass is 10.1. The van der Waals surface area contributed by atoms with Crippen LogP contribution in [0.1, 0.15) is 11.5 Å². The molecule has 2 aromatic carbocycles. The maximum absolute atomic E-state index is 13.0. The second-order valence-corrected chi connectivity index (χ2v) is 6.93. The second-order valence-electron chi connectivity index (χ2n) is 6.45. The largest absolute Gasteiger partial charge is 0.400 e. The molecular formula is C18H15ClF2N4O4. The van der Waals surface area contributed by atoms with Crippen molar-refractivity contribution in [3.05, 3.63) is 56.2 Å². The van der Waals surface area contributed by atoms with Gasteiger partial charge in [-0.25, -0.2) is 0 Å². The van der Waals surface area contributed by atoms with E-state index in [1.165, 1.54) is 0 Å². The highest BCUT2D eigenvalue weighted by molar-refractivity contribution is 6.21. The van der Waals surface area contributed by atoms with Crippen LogP contribution in [0.3, 0.4) is 0 Å². The summed E-state index contributed by atoms with van der Waals surface area (Å²) in [6, 6.07) is 6.69. The van der Waals surface area contributed by atoms with Crippen LogP contribution in [0.4, 0.5) is 20.2 Å². The van der Waals surface area contributed by atoms with Gasteiger partial charge in [-0.3, -0.25) is 9.59 Å². The van der Waals surface area contributed by atoms with Crippen LogP contribution in [0, 0.1) is 0 Å². The first-order chi connectivity index (χ1) is 13.8. The maximum atomic E-state index is 13.0. The van der Waals surface area contributed by atoms with Crippen LogP contribution in [0.2, 0.25) is 0 Å². The molecule has 3 aromatic rings. The quantitative estimate of drug-likeness (QED) is 0.474. The van der Waals surface area contributed by atoms with E-state index in [9.17, 15) is 18.4 Å². The van der Waals surface area contributed by atoms with Gasteiger partial charge >= 0.3 is 11.3 Å². The van der Waals surface area contributed by atoms with E-state index in [0.717, 1.165) is 5.56 Å². The molecule has 0 atom stereocenters. The molecule has 1 fully saturated rings. The number of rotatable bonds is 6. The van der Waals surface area contributed by atoms with Gasteiger partial charge < -0.3 is 19.5 Å². The molecule has 8 nitrogen and oxygen atoms in total. The van der Waals surface area contributed by atoms with E-state index < -0.39 is 22.1 Å². The number of halogens is 3. The normalized spacial score (nSPS) is 15.1. The van der Waals surface area contributed by atoms with Crippen molar-refractivity contribution in [3.8, 4) is 11.4 Å². The Labute approximate surface area is 167 Å². The van der Waals surface area contributed by atoms with Crippen molar-refractivity contribution >= 4 is 23.0 Å². The number of aromatic nitrogens is 2. The summed E-state index contributed by atoms with van der Waals surface area (Å²) in [5.74, 6) is -0.993. The molecule has 1 aliphatic rings. The van der Waals surface area contributed by atoms with Crippen molar-refractivity contribution < 1.29 is 18.0 Å². The Morgan fingerprint density at radius 2 is 1.83 bits per heavy atom. The Balaban J connectivity index is 1.44. The summed E-state index contributed by atoms with van der Waals surface area (Å²) in [4.78, 5) is 29.3. The molecule has 11 heteroatoms. The van der Waals surface area contributed by atoms with E-state index in [-0.39, 0.29) is 5.82 Å². The fourth-order valence-corrected chi connectivity index (χ4v) is 3.13. The Kier molecular flexibility index (Phi) is 5.05. The molecular weight excluding hydrogens is 410 g/mol. The molecule has 0 radical (unpaired) electrons. The predicted molar refractivity (Wildman–Crippen MR) is 101 cm³/mol. The highest BCUT2D eigenvalue weighted by atomic mass is 35.5. The van der Waals surface area contributed by atoms with Crippen LogP contribution in [0.5, 0.6) is 0 Å². The molecule has 2 heterocycles. The smallest absolute Gasteiger partial charge is 0.378 e. The standard InChI is InChI=1S/C18H15ClF2N4O4/c19-18(20,21)17-23-16(24-29-17)11-3-1-10(2-4-11)9-22-12-13(15(27)14(12)26)25-5-7-28-8-6-25/h1-4,22H,5-9H2. The Morgan fingerprint density at radius 1 is 1.14 bits per heavy atom. The van der Waals surface area contributed by atoms with Gasteiger partial charge in [0, 0.05) is 25.2 Å². The van der Waals surface area contributed by atoms with Crippen molar-refractivity contribution in [2.75, 3.05) is 36.5 Å². The van der Waals surface area contributed by atoms with Gasteiger partial charge in [0.25, 0.3) is 10.9 Å². The number of nitrogens with zero attached hydrogens (tertiary/aromatic N) is 3. The summed E-state index contributed by atoms with van der Waals surface area (Å²) in [6.07, 6.45) is 0. The molecule has 0 saturated carbocycles. The number of anilines is 2. The molecule has 0 bridgehead atoms. The number of benzene rings is 1. The highest BCUT2D eigenvalue weighted by Gasteiger charge is 2.35. The van der Waals surface area contributed by atoms with Crippen LogP contribution in [-0.2, 0) is 16.7 Å². The summed E-state index contributed by atoms with van der Waals surface area (Å²) in [6.45, 7) is 2.44. The second kappa shape index (κ2) is 7.53. The molecule has 0 unspecified atom stereocenters. The van der Waals surface area contributed by atoms with Gasteiger partial charge in [-0.15, -0.1) is 0 Å². The van der Waals surface area contributed by atoms with E-state index in [1.54, 1.807) is 24.3 Å². The number of ether oxygens (including phenoxy) is 1. The summed E-state index contributed by atoms with van der Waals surface area (Å²) in [5.41, 5.74) is 0.941. The third-order valence-electron chi connectivity index (χ3n) is 4.56. The number of hydrogen-bond donors (Lipinski definition) is 1. The minimum Gasteiger partial charge on any atom is -0.378 e. The molecule has 4 rings (SSSR count). The topological polar surface area (TPSA) is 97.6 Å². The molecule has 0 aliphatic carbocycles. The monoisotopic (exact) mass is 424 g/mol. The first-order valence-corrected chi connectivity index (χ1v) is 9.12. The molecule has 152 valence electrons. The van der Waals surface area contributed by atoms with E-state index in [2.05, 4.69) is 20.0 Å². The molecule has 0 amide bonds. The first kappa shape index (κ1) is 19.5. The van der Waals surface area contributed by atoms with E-state index in [4.69, 9.17) is 16.3 Å². The van der Waals surface area contributed by atoms with Crippen LogP contribution in [0.15, 0.2) is 38.4 Å². The van der Waals surface area contributed by atoms with Gasteiger partial charge in [-0.2, -0.15) is 13.8 Å². The highest BCUT2D eigenvalue weighted by Crippen LogP contribution is 2.32. The lowest BCUT2D eigenvalue weighted by molar-refractivity contribution is 0.0551.